The number of benzene rings is 1. The van der Waals surface area contributed by atoms with Crippen LogP contribution in [-0.2, 0) is 16.8 Å². The predicted molar refractivity (Wildman–Crippen MR) is 75.7 cm³/mol. The summed E-state index contributed by atoms with van der Waals surface area (Å²) in [5.74, 6) is 0.819. The van der Waals surface area contributed by atoms with Crippen LogP contribution in [0.5, 0.6) is 0 Å². The molecule has 21 heavy (non-hydrogen) atoms. The van der Waals surface area contributed by atoms with Gasteiger partial charge in [-0.25, -0.2) is 0 Å². The molecule has 3 rings (SSSR count). The van der Waals surface area contributed by atoms with Crippen LogP contribution >= 0.6 is 0 Å². The van der Waals surface area contributed by atoms with Gasteiger partial charge >= 0.3 is 0 Å². The van der Waals surface area contributed by atoms with Gasteiger partial charge < -0.3 is 9.08 Å². The molecule has 0 bridgehead atoms. The number of carbonyl (C=O) groups is 1. The van der Waals surface area contributed by atoms with Crippen molar-refractivity contribution in [3.8, 4) is 0 Å². The normalized spacial score (nSPS) is 15.9. The minimum Gasteiger partial charge on any atom is -0.772 e. The Bertz CT molecular complexity index is 718. The summed E-state index contributed by atoms with van der Waals surface area (Å²) in [5, 5.41) is 3.74. The van der Waals surface area contributed by atoms with Crippen LogP contribution in [0.15, 0.2) is 28.9 Å². The average molecular weight is 304 g/mol. The second-order valence-electron chi connectivity index (χ2n) is 5.30. The maximum Gasteiger partial charge on any atom is 0.198 e. The van der Waals surface area contributed by atoms with Gasteiger partial charge in [0.25, 0.3) is 0 Å². The number of ketones is 1. The lowest BCUT2D eigenvalue weighted by Crippen LogP contribution is -2.06. The van der Waals surface area contributed by atoms with Crippen molar-refractivity contribution in [3.05, 3.63) is 52.4 Å². The summed E-state index contributed by atoms with van der Waals surface area (Å²) in [5.41, 5.74) is 2.50. The van der Waals surface area contributed by atoms with E-state index in [0.29, 0.717) is 28.4 Å². The van der Waals surface area contributed by atoms with Gasteiger partial charge in [-0.15, -0.1) is 0 Å². The smallest absolute Gasteiger partial charge is 0.198 e. The van der Waals surface area contributed by atoms with Crippen molar-refractivity contribution in [3.63, 3.8) is 0 Å². The highest BCUT2D eigenvalue weighted by molar-refractivity contribution is 7.78. The number of hydrogen-bond acceptors (Lipinski definition) is 5. The quantitative estimate of drug-likeness (QED) is 0.626. The second kappa shape index (κ2) is 5.54. The molecule has 1 atom stereocenters. The first-order chi connectivity index (χ1) is 10.1. The van der Waals surface area contributed by atoms with E-state index in [1.807, 2.05) is 0 Å². The van der Waals surface area contributed by atoms with E-state index in [1.54, 1.807) is 25.1 Å². The third-order valence-corrected chi connectivity index (χ3v) is 4.18. The summed E-state index contributed by atoms with van der Waals surface area (Å²) in [4.78, 5) is 12.6. The largest absolute Gasteiger partial charge is 0.772 e. The number of carbonyl (C=O) groups excluding carboxylic acids is 1. The summed E-state index contributed by atoms with van der Waals surface area (Å²) in [6.45, 7) is 1.80. The van der Waals surface area contributed by atoms with Crippen molar-refractivity contribution < 1.29 is 18.1 Å². The van der Waals surface area contributed by atoms with Gasteiger partial charge in [0.15, 0.2) is 11.5 Å². The van der Waals surface area contributed by atoms with Crippen molar-refractivity contribution in [2.75, 3.05) is 0 Å². The van der Waals surface area contributed by atoms with E-state index in [2.05, 4.69) is 5.16 Å². The fourth-order valence-corrected chi connectivity index (χ4v) is 2.86. The van der Waals surface area contributed by atoms with E-state index < -0.39 is 11.1 Å². The molecule has 0 aliphatic heterocycles. The fourth-order valence-electron chi connectivity index (χ4n) is 2.41. The lowest BCUT2D eigenvalue weighted by atomic mass is 9.97. The molecular formula is C15H14NO4S-. The van der Waals surface area contributed by atoms with Crippen LogP contribution in [0.25, 0.3) is 0 Å². The zero-order valence-electron chi connectivity index (χ0n) is 11.5. The second-order valence-corrected chi connectivity index (χ2v) is 6.20. The Morgan fingerprint density at radius 1 is 1.43 bits per heavy atom. The number of nitrogens with zero attached hydrogens (tertiary/aromatic N) is 1. The van der Waals surface area contributed by atoms with Gasteiger partial charge in [0.1, 0.15) is 0 Å². The Morgan fingerprint density at radius 2 is 2.19 bits per heavy atom. The molecule has 5 nitrogen and oxygen atoms in total. The predicted octanol–water partition coefficient (Wildman–Crippen LogP) is 2.47. The third kappa shape index (κ3) is 2.96. The summed E-state index contributed by atoms with van der Waals surface area (Å²) >= 11 is -2.13. The molecule has 0 N–H and O–H groups in total. The van der Waals surface area contributed by atoms with Crippen LogP contribution in [0.4, 0.5) is 0 Å². The van der Waals surface area contributed by atoms with E-state index in [9.17, 15) is 13.6 Å². The van der Waals surface area contributed by atoms with Gasteiger partial charge in [0.2, 0.25) is 0 Å². The zero-order valence-corrected chi connectivity index (χ0v) is 12.3. The van der Waals surface area contributed by atoms with Gasteiger partial charge in [-0.1, -0.05) is 34.4 Å². The monoisotopic (exact) mass is 304 g/mol. The number of aryl methyl sites for hydroxylation is 1. The van der Waals surface area contributed by atoms with Crippen LogP contribution in [0.1, 0.15) is 51.6 Å². The van der Waals surface area contributed by atoms with Crippen molar-refractivity contribution >= 4 is 16.9 Å². The van der Waals surface area contributed by atoms with Crippen molar-refractivity contribution in [1.82, 2.24) is 5.16 Å². The van der Waals surface area contributed by atoms with Gasteiger partial charge in [-0.05, 0) is 30.9 Å². The Balaban J connectivity index is 1.90. The molecule has 0 amide bonds. The number of hydrogen-bond donors (Lipinski definition) is 0. The highest BCUT2D eigenvalue weighted by Crippen LogP contribution is 2.42. The molecule has 0 saturated heterocycles. The van der Waals surface area contributed by atoms with E-state index in [0.717, 1.165) is 18.4 Å². The molecule has 1 aromatic heterocycles. The van der Waals surface area contributed by atoms with E-state index in [-0.39, 0.29) is 11.5 Å². The molecule has 110 valence electrons. The van der Waals surface area contributed by atoms with E-state index >= 15 is 0 Å². The van der Waals surface area contributed by atoms with Crippen LogP contribution in [0.2, 0.25) is 0 Å². The zero-order chi connectivity index (χ0) is 15.0. The molecule has 1 saturated carbocycles. The Hall–Kier alpha value is -1.79. The molecule has 1 aliphatic carbocycles. The molecule has 1 aliphatic rings. The minimum atomic E-state index is -2.13. The molecule has 1 heterocycles. The fraction of sp³-hybridized carbons (Fsp3) is 0.333. The maximum absolute atomic E-state index is 12.6. The molecule has 1 aromatic carbocycles. The molecule has 1 fully saturated rings. The Morgan fingerprint density at radius 3 is 2.81 bits per heavy atom. The van der Waals surface area contributed by atoms with Gasteiger partial charge in [0.05, 0.1) is 11.8 Å². The lowest BCUT2D eigenvalue weighted by molar-refractivity contribution is 0.103. The Labute approximate surface area is 124 Å². The standard InChI is InChI=1S/C15H15NO4S/c1-9-6-10(8-21(18)19)2-5-12(9)14(17)13-7-16-20-15(13)11-3-4-11/h2,5-7,11H,3-4,8H2,1H3,(H,18,19)/p-1. The average Bonchev–Trinajstić information content (AvgIpc) is 3.15. The topological polar surface area (TPSA) is 83.2 Å². The lowest BCUT2D eigenvalue weighted by Gasteiger charge is -2.09. The summed E-state index contributed by atoms with van der Waals surface area (Å²) < 4.78 is 26.6. The van der Waals surface area contributed by atoms with Gasteiger partial charge in [0, 0.05) is 17.2 Å². The molecule has 6 heteroatoms. The maximum atomic E-state index is 12.6. The van der Waals surface area contributed by atoms with Crippen LogP contribution in [0.3, 0.4) is 0 Å². The first-order valence-electron chi connectivity index (χ1n) is 6.71. The van der Waals surface area contributed by atoms with Gasteiger partial charge in [-0.3, -0.25) is 9.00 Å². The molecular weight excluding hydrogens is 290 g/mol. The number of rotatable bonds is 5. The molecule has 0 radical (unpaired) electrons. The van der Waals surface area contributed by atoms with Crippen molar-refractivity contribution in [2.45, 2.75) is 31.4 Å². The van der Waals surface area contributed by atoms with Crippen molar-refractivity contribution in [1.29, 1.82) is 0 Å². The van der Waals surface area contributed by atoms with Crippen LogP contribution in [-0.4, -0.2) is 19.7 Å². The highest BCUT2D eigenvalue weighted by atomic mass is 32.2. The minimum absolute atomic E-state index is 0.0457. The third-order valence-electron chi connectivity index (χ3n) is 3.61. The Kier molecular flexibility index (Phi) is 3.73. The van der Waals surface area contributed by atoms with Crippen LogP contribution < -0.4 is 0 Å². The summed E-state index contributed by atoms with van der Waals surface area (Å²) in [6.07, 6.45) is 3.53. The number of aromatic nitrogens is 1. The SMILES string of the molecule is Cc1cc(CS(=O)[O-])ccc1C(=O)c1cnoc1C1CC1. The first kappa shape index (κ1) is 14.2. The summed E-state index contributed by atoms with van der Waals surface area (Å²) in [7, 11) is 0. The van der Waals surface area contributed by atoms with Crippen LogP contribution in [0, 0.1) is 6.92 Å². The van der Waals surface area contributed by atoms with Crippen molar-refractivity contribution in [2.24, 2.45) is 0 Å². The van der Waals surface area contributed by atoms with Gasteiger partial charge in [-0.2, -0.15) is 0 Å². The molecule has 2 aromatic rings. The molecule has 1 unspecified atom stereocenters. The van der Waals surface area contributed by atoms with E-state index in [4.69, 9.17) is 4.52 Å². The van der Waals surface area contributed by atoms with E-state index in [1.165, 1.54) is 6.20 Å². The summed E-state index contributed by atoms with van der Waals surface area (Å²) in [6, 6.07) is 5.07. The molecule has 0 spiro atoms. The highest BCUT2D eigenvalue weighted by Gasteiger charge is 2.32. The first-order valence-corrected chi connectivity index (χ1v) is 7.95.